The van der Waals surface area contributed by atoms with Crippen LogP contribution in [0.1, 0.15) is 44.1 Å². The topological polar surface area (TPSA) is 57.7 Å². The molecule has 2 aliphatic rings. The molecular formula is C19H25F3N2O3S. The second-order valence-corrected chi connectivity index (χ2v) is 9.60. The van der Waals surface area contributed by atoms with Crippen LogP contribution >= 0.6 is 0 Å². The number of carbonyl (C=O) groups is 1. The first kappa shape index (κ1) is 21.1. The smallest absolute Gasteiger partial charge is 0.248 e. The van der Waals surface area contributed by atoms with E-state index in [0.717, 1.165) is 10.4 Å². The lowest BCUT2D eigenvalue weighted by atomic mass is 9.91. The maximum Gasteiger partial charge on any atom is 0.248 e. The average Bonchev–Trinajstić information content (AvgIpc) is 3.10. The van der Waals surface area contributed by atoms with Gasteiger partial charge in [0.25, 0.3) is 0 Å². The fraction of sp³-hybridized carbons (Fsp3) is 0.632. The number of hydrogen-bond acceptors (Lipinski definition) is 3. The Labute approximate surface area is 163 Å². The molecule has 0 radical (unpaired) electrons. The number of likely N-dealkylation sites (N-methyl/N-ethyl adjacent to an activating group) is 1. The maximum atomic E-state index is 14.3. The molecule has 156 valence electrons. The minimum Gasteiger partial charge on any atom is -0.341 e. The summed E-state index contributed by atoms with van der Waals surface area (Å²) in [6, 6.07) is 2.60. The highest BCUT2D eigenvalue weighted by Crippen LogP contribution is 2.36. The third kappa shape index (κ3) is 4.05. The molecule has 1 heterocycles. The van der Waals surface area contributed by atoms with Gasteiger partial charge in [0.2, 0.25) is 21.9 Å². The van der Waals surface area contributed by atoms with Crippen LogP contribution in [0.5, 0.6) is 0 Å². The molecule has 0 bridgehead atoms. The predicted octanol–water partition coefficient (Wildman–Crippen LogP) is 3.32. The Hall–Kier alpha value is -1.61. The number of aryl methyl sites for hydroxylation is 1. The molecule has 9 heteroatoms. The van der Waals surface area contributed by atoms with E-state index in [1.807, 2.05) is 0 Å². The van der Waals surface area contributed by atoms with Gasteiger partial charge in [-0.1, -0.05) is 6.07 Å². The van der Waals surface area contributed by atoms with Gasteiger partial charge < -0.3 is 4.90 Å². The van der Waals surface area contributed by atoms with Gasteiger partial charge in [0.05, 0.1) is 0 Å². The van der Waals surface area contributed by atoms with Crippen LogP contribution in [0.3, 0.4) is 0 Å². The molecule has 0 spiro atoms. The van der Waals surface area contributed by atoms with Crippen LogP contribution in [0, 0.1) is 12.7 Å². The van der Waals surface area contributed by atoms with Crippen LogP contribution < -0.4 is 0 Å². The first-order valence-electron chi connectivity index (χ1n) is 9.45. The fourth-order valence-corrected chi connectivity index (χ4v) is 5.74. The Morgan fingerprint density at radius 1 is 1.21 bits per heavy atom. The minimum atomic E-state index is -4.17. The lowest BCUT2D eigenvalue weighted by molar-refractivity contribution is -0.138. The van der Waals surface area contributed by atoms with Gasteiger partial charge >= 0.3 is 0 Å². The summed E-state index contributed by atoms with van der Waals surface area (Å²) < 4.78 is 68.1. The maximum absolute atomic E-state index is 14.3. The van der Waals surface area contributed by atoms with E-state index >= 15 is 0 Å². The Morgan fingerprint density at radius 3 is 2.46 bits per heavy atom. The molecule has 1 amide bonds. The van der Waals surface area contributed by atoms with Gasteiger partial charge in [0.1, 0.15) is 16.8 Å². The normalized spacial score (nSPS) is 23.7. The zero-order chi connectivity index (χ0) is 20.7. The van der Waals surface area contributed by atoms with Crippen LogP contribution in [-0.2, 0) is 14.8 Å². The second-order valence-electron chi connectivity index (χ2n) is 7.74. The van der Waals surface area contributed by atoms with Gasteiger partial charge in [-0.05, 0) is 50.3 Å². The van der Waals surface area contributed by atoms with Crippen LogP contribution in [0.25, 0.3) is 0 Å². The highest BCUT2D eigenvalue weighted by atomic mass is 32.2. The summed E-state index contributed by atoms with van der Waals surface area (Å²) >= 11 is 0. The summed E-state index contributed by atoms with van der Waals surface area (Å²) in [5.74, 6) is -3.96. The van der Waals surface area contributed by atoms with E-state index in [4.69, 9.17) is 0 Å². The average molecular weight is 418 g/mol. The molecule has 1 aliphatic carbocycles. The van der Waals surface area contributed by atoms with Crippen molar-refractivity contribution in [3.05, 3.63) is 29.6 Å². The fourth-order valence-electron chi connectivity index (χ4n) is 4.04. The van der Waals surface area contributed by atoms with Gasteiger partial charge in [-0.3, -0.25) is 4.79 Å². The number of halogens is 3. The van der Waals surface area contributed by atoms with Crippen molar-refractivity contribution in [3.63, 3.8) is 0 Å². The molecular weight excluding hydrogens is 393 g/mol. The molecule has 1 aliphatic heterocycles. The van der Waals surface area contributed by atoms with Crippen molar-refractivity contribution in [2.24, 2.45) is 0 Å². The molecule has 1 aromatic carbocycles. The van der Waals surface area contributed by atoms with Crippen LogP contribution in [0.4, 0.5) is 13.2 Å². The first-order chi connectivity index (χ1) is 13.0. The van der Waals surface area contributed by atoms with E-state index in [2.05, 4.69) is 0 Å². The summed E-state index contributed by atoms with van der Waals surface area (Å²) in [5, 5.41) is 0. The van der Waals surface area contributed by atoms with Crippen molar-refractivity contribution in [1.29, 1.82) is 0 Å². The summed E-state index contributed by atoms with van der Waals surface area (Å²) in [7, 11) is -2.64. The summed E-state index contributed by atoms with van der Waals surface area (Å²) in [6.45, 7) is 1.78. The van der Waals surface area contributed by atoms with Crippen LogP contribution in [-0.4, -0.2) is 55.1 Å². The third-order valence-electron chi connectivity index (χ3n) is 5.74. The molecule has 1 saturated heterocycles. The summed E-state index contributed by atoms with van der Waals surface area (Å²) in [6.07, 6.45) is 0.619. The predicted molar refractivity (Wildman–Crippen MR) is 98.0 cm³/mol. The van der Waals surface area contributed by atoms with Gasteiger partial charge in [-0.25, -0.2) is 21.6 Å². The van der Waals surface area contributed by atoms with Gasteiger partial charge in [-0.15, -0.1) is 0 Å². The van der Waals surface area contributed by atoms with Crippen LogP contribution in [0.2, 0.25) is 0 Å². The molecule has 0 N–H and O–H groups in total. The molecule has 3 rings (SSSR count). The molecule has 1 atom stereocenters. The zero-order valence-electron chi connectivity index (χ0n) is 16.0. The zero-order valence-corrected chi connectivity index (χ0v) is 16.8. The van der Waals surface area contributed by atoms with Crippen molar-refractivity contribution in [2.75, 3.05) is 13.6 Å². The lowest BCUT2D eigenvalue weighted by Gasteiger charge is -2.36. The van der Waals surface area contributed by atoms with E-state index in [9.17, 15) is 26.4 Å². The molecule has 5 nitrogen and oxygen atoms in total. The minimum absolute atomic E-state index is 0.128. The van der Waals surface area contributed by atoms with Gasteiger partial charge in [-0.2, -0.15) is 4.31 Å². The van der Waals surface area contributed by atoms with Crippen LogP contribution in [0.15, 0.2) is 23.1 Å². The molecule has 1 aromatic rings. The molecule has 0 unspecified atom stereocenters. The highest BCUT2D eigenvalue weighted by Gasteiger charge is 2.44. The molecule has 28 heavy (non-hydrogen) atoms. The number of nitrogens with zero attached hydrogens (tertiary/aromatic N) is 2. The molecule has 2 fully saturated rings. The summed E-state index contributed by atoms with van der Waals surface area (Å²) in [4.78, 5) is 13.9. The monoisotopic (exact) mass is 418 g/mol. The molecule has 0 aromatic heterocycles. The summed E-state index contributed by atoms with van der Waals surface area (Å²) in [5.41, 5.74) is 0.597. The number of sulfonamides is 1. The Morgan fingerprint density at radius 2 is 1.86 bits per heavy atom. The van der Waals surface area contributed by atoms with E-state index < -0.39 is 38.6 Å². The van der Waals surface area contributed by atoms with Crippen molar-refractivity contribution < 1.29 is 26.4 Å². The quantitative estimate of drug-likeness (QED) is 0.754. The number of amides is 1. The van der Waals surface area contributed by atoms with Gasteiger partial charge in [0, 0.05) is 32.5 Å². The van der Waals surface area contributed by atoms with E-state index in [1.54, 1.807) is 6.92 Å². The SMILES string of the molecule is Cc1ccc(S(=O)(=O)N2CCC[C@H]2C(=O)N(C)C2CCC(F)(F)CC2)c(F)c1. The van der Waals surface area contributed by atoms with E-state index in [-0.39, 0.29) is 38.3 Å². The Balaban J connectivity index is 1.79. The van der Waals surface area contributed by atoms with Gasteiger partial charge in [0.15, 0.2) is 0 Å². The Bertz CT molecular complexity index is 850. The van der Waals surface area contributed by atoms with Crippen molar-refractivity contribution in [3.8, 4) is 0 Å². The van der Waals surface area contributed by atoms with E-state index in [1.165, 1.54) is 24.1 Å². The van der Waals surface area contributed by atoms with Crippen molar-refractivity contribution >= 4 is 15.9 Å². The van der Waals surface area contributed by atoms with Crippen molar-refractivity contribution in [1.82, 2.24) is 9.21 Å². The standard InChI is InChI=1S/C19H25F3N2O3S/c1-13-5-6-17(15(20)12-13)28(26,27)24-11-3-4-16(24)18(25)23(2)14-7-9-19(21,22)10-8-14/h5-6,12,14,16H,3-4,7-11H2,1-2H3/t16-/m0/s1. The number of alkyl halides is 2. The van der Waals surface area contributed by atoms with E-state index in [0.29, 0.717) is 18.4 Å². The third-order valence-corrected chi connectivity index (χ3v) is 7.69. The number of carbonyl (C=O) groups excluding carboxylic acids is 1. The Kier molecular flexibility index (Phi) is 5.78. The first-order valence-corrected chi connectivity index (χ1v) is 10.9. The second kappa shape index (κ2) is 7.67. The lowest BCUT2D eigenvalue weighted by Crippen LogP contribution is -2.50. The number of rotatable bonds is 4. The largest absolute Gasteiger partial charge is 0.341 e. The number of hydrogen-bond donors (Lipinski definition) is 0. The highest BCUT2D eigenvalue weighted by molar-refractivity contribution is 7.89. The molecule has 1 saturated carbocycles. The van der Waals surface area contributed by atoms with Crippen molar-refractivity contribution in [2.45, 2.75) is 68.4 Å². The number of benzene rings is 1.